The van der Waals surface area contributed by atoms with Crippen molar-refractivity contribution < 1.29 is 27.8 Å². The number of hydrogen-bond acceptors (Lipinski definition) is 5. The van der Waals surface area contributed by atoms with Gasteiger partial charge in [0.25, 0.3) is 0 Å². The van der Waals surface area contributed by atoms with E-state index in [0.29, 0.717) is 16.9 Å². The maximum absolute atomic E-state index is 12.1. The number of esters is 1. The van der Waals surface area contributed by atoms with Gasteiger partial charge in [0.1, 0.15) is 5.75 Å². The molecule has 8 heteroatoms. The minimum absolute atomic E-state index is 0.0326. The molecule has 0 aromatic heterocycles. The molecule has 0 aliphatic rings. The zero-order chi connectivity index (χ0) is 19.1. The molecule has 0 bridgehead atoms. The number of benzene rings is 2. The topological polar surface area (TPSA) is 76.7 Å². The molecule has 0 aliphatic heterocycles. The van der Waals surface area contributed by atoms with E-state index in [1.807, 2.05) is 0 Å². The second-order valence-electron chi connectivity index (χ2n) is 5.33. The number of carbonyl (C=O) groups excluding carboxylic acids is 2. The zero-order valence-electron chi connectivity index (χ0n) is 14.2. The molecule has 6 nitrogen and oxygen atoms in total. The summed E-state index contributed by atoms with van der Waals surface area (Å²) in [6.07, 6.45) is 0. The van der Waals surface area contributed by atoms with Crippen molar-refractivity contribution in [3.63, 3.8) is 0 Å². The maximum atomic E-state index is 12.1. The smallest absolute Gasteiger partial charge is 0.387 e. The van der Waals surface area contributed by atoms with Crippen molar-refractivity contribution in [2.45, 2.75) is 13.5 Å². The monoisotopic (exact) mass is 364 g/mol. The average molecular weight is 364 g/mol. The third kappa shape index (κ3) is 5.44. The van der Waals surface area contributed by atoms with E-state index < -0.39 is 12.6 Å². The summed E-state index contributed by atoms with van der Waals surface area (Å²) in [5, 5.41) is 5.57. The summed E-state index contributed by atoms with van der Waals surface area (Å²) in [4.78, 5) is 23.7. The Morgan fingerprint density at radius 3 is 2.42 bits per heavy atom. The summed E-state index contributed by atoms with van der Waals surface area (Å²) in [6.45, 7) is -1.13. The number of nitrogens with one attached hydrogen (secondary N) is 2. The first-order valence-corrected chi connectivity index (χ1v) is 7.66. The molecule has 0 unspecified atom stereocenters. The van der Waals surface area contributed by atoms with Crippen LogP contribution < -0.4 is 15.4 Å². The van der Waals surface area contributed by atoms with Crippen LogP contribution in [0.5, 0.6) is 5.75 Å². The fourth-order valence-corrected chi connectivity index (χ4v) is 2.13. The Kier molecular flexibility index (Phi) is 6.48. The molecule has 0 heterocycles. The summed E-state index contributed by atoms with van der Waals surface area (Å²) in [6, 6.07) is 10.6. The van der Waals surface area contributed by atoms with Crippen LogP contribution in [0.15, 0.2) is 42.5 Å². The summed E-state index contributed by atoms with van der Waals surface area (Å²) in [5.41, 5.74) is 2.19. The molecule has 0 saturated heterocycles. The number of anilines is 2. The van der Waals surface area contributed by atoms with Crippen LogP contribution in [-0.2, 0) is 9.53 Å². The minimum Gasteiger partial charge on any atom is -0.465 e. The van der Waals surface area contributed by atoms with Crippen LogP contribution in [0.25, 0.3) is 0 Å². The third-order valence-electron chi connectivity index (χ3n) is 3.47. The highest BCUT2D eigenvalue weighted by molar-refractivity contribution is 5.97. The SMILES string of the molecule is COC(=O)c1ccc(C)c(NC(=O)CNc2ccc(OC(F)F)cc2)c1. The molecule has 0 radical (unpaired) electrons. The van der Waals surface area contributed by atoms with Crippen LogP contribution in [0.3, 0.4) is 0 Å². The van der Waals surface area contributed by atoms with Crippen molar-refractivity contribution in [3.8, 4) is 5.75 Å². The highest BCUT2D eigenvalue weighted by atomic mass is 19.3. The highest BCUT2D eigenvalue weighted by Crippen LogP contribution is 2.19. The Morgan fingerprint density at radius 1 is 1.12 bits per heavy atom. The third-order valence-corrected chi connectivity index (χ3v) is 3.47. The minimum atomic E-state index is -2.89. The molecular formula is C18H18F2N2O4. The van der Waals surface area contributed by atoms with E-state index in [1.54, 1.807) is 19.1 Å². The van der Waals surface area contributed by atoms with Crippen molar-refractivity contribution in [1.29, 1.82) is 0 Å². The molecule has 0 aliphatic carbocycles. The molecule has 0 spiro atoms. The number of methoxy groups -OCH3 is 1. The maximum Gasteiger partial charge on any atom is 0.387 e. The van der Waals surface area contributed by atoms with Gasteiger partial charge in [0.2, 0.25) is 5.91 Å². The van der Waals surface area contributed by atoms with Gasteiger partial charge in [0, 0.05) is 11.4 Å². The predicted octanol–water partition coefficient (Wildman–Crippen LogP) is 3.43. The number of ether oxygens (including phenoxy) is 2. The lowest BCUT2D eigenvalue weighted by Crippen LogP contribution is -2.22. The first-order valence-electron chi connectivity index (χ1n) is 7.66. The number of alkyl halides is 2. The van der Waals surface area contributed by atoms with Gasteiger partial charge in [-0.1, -0.05) is 6.07 Å². The van der Waals surface area contributed by atoms with Crippen LogP contribution >= 0.6 is 0 Å². The van der Waals surface area contributed by atoms with Gasteiger partial charge in [-0.05, 0) is 48.9 Å². The highest BCUT2D eigenvalue weighted by Gasteiger charge is 2.10. The van der Waals surface area contributed by atoms with Gasteiger partial charge in [0.05, 0.1) is 19.2 Å². The van der Waals surface area contributed by atoms with E-state index in [4.69, 9.17) is 0 Å². The van der Waals surface area contributed by atoms with Gasteiger partial charge in [-0.2, -0.15) is 8.78 Å². The van der Waals surface area contributed by atoms with E-state index in [0.717, 1.165) is 5.56 Å². The molecule has 1 amide bonds. The van der Waals surface area contributed by atoms with Gasteiger partial charge in [0.15, 0.2) is 0 Å². The van der Waals surface area contributed by atoms with Crippen molar-refractivity contribution in [2.24, 2.45) is 0 Å². The largest absolute Gasteiger partial charge is 0.465 e. The van der Waals surface area contributed by atoms with Crippen LogP contribution in [0, 0.1) is 6.92 Å². The second-order valence-corrected chi connectivity index (χ2v) is 5.33. The summed E-state index contributed by atoms with van der Waals surface area (Å²) < 4.78 is 33.1. The molecule has 2 rings (SSSR count). The Labute approximate surface area is 149 Å². The van der Waals surface area contributed by atoms with Crippen LogP contribution in [0.2, 0.25) is 0 Å². The van der Waals surface area contributed by atoms with Crippen molar-refractivity contribution in [2.75, 3.05) is 24.3 Å². The van der Waals surface area contributed by atoms with Crippen molar-refractivity contribution in [3.05, 3.63) is 53.6 Å². The first-order chi connectivity index (χ1) is 12.4. The number of aryl methyl sites for hydroxylation is 1. The van der Waals surface area contributed by atoms with Gasteiger partial charge in [-0.3, -0.25) is 4.79 Å². The van der Waals surface area contributed by atoms with Gasteiger partial charge >= 0.3 is 12.6 Å². The lowest BCUT2D eigenvalue weighted by Gasteiger charge is -2.11. The van der Waals surface area contributed by atoms with Gasteiger partial charge in [-0.15, -0.1) is 0 Å². The van der Waals surface area contributed by atoms with Crippen LogP contribution in [-0.4, -0.2) is 32.1 Å². The standard InChI is InChI=1S/C18H18F2N2O4/c1-11-3-4-12(17(24)25-2)9-15(11)22-16(23)10-21-13-5-7-14(8-6-13)26-18(19)20/h3-9,18,21H,10H2,1-2H3,(H,22,23). The zero-order valence-corrected chi connectivity index (χ0v) is 14.2. The van der Waals surface area contributed by atoms with E-state index >= 15 is 0 Å². The fourth-order valence-electron chi connectivity index (χ4n) is 2.13. The Morgan fingerprint density at radius 2 is 1.81 bits per heavy atom. The van der Waals surface area contributed by atoms with Crippen molar-refractivity contribution in [1.82, 2.24) is 0 Å². The second kappa shape index (κ2) is 8.80. The van der Waals surface area contributed by atoms with Crippen molar-refractivity contribution >= 4 is 23.3 Å². The molecular weight excluding hydrogens is 346 g/mol. The fraction of sp³-hybridized carbons (Fsp3) is 0.222. The number of rotatable bonds is 7. The molecule has 0 saturated carbocycles. The summed E-state index contributed by atoms with van der Waals surface area (Å²) in [5.74, 6) is -0.794. The van der Waals surface area contributed by atoms with E-state index in [9.17, 15) is 18.4 Å². The average Bonchev–Trinajstić information content (AvgIpc) is 2.62. The molecule has 0 atom stereocenters. The predicted molar refractivity (Wildman–Crippen MR) is 92.7 cm³/mol. The molecule has 26 heavy (non-hydrogen) atoms. The number of hydrogen-bond donors (Lipinski definition) is 2. The Balaban J connectivity index is 1.93. The first kappa shape index (κ1) is 19.2. The molecule has 138 valence electrons. The normalized spacial score (nSPS) is 10.3. The number of amides is 1. The van der Waals surface area contributed by atoms with Crippen LogP contribution in [0.1, 0.15) is 15.9 Å². The number of carbonyl (C=O) groups is 2. The Bertz CT molecular complexity index is 779. The van der Waals surface area contributed by atoms with E-state index in [2.05, 4.69) is 20.1 Å². The van der Waals surface area contributed by atoms with E-state index in [-0.39, 0.29) is 18.2 Å². The molecule has 2 aromatic rings. The number of halogens is 2. The summed E-state index contributed by atoms with van der Waals surface area (Å²) in [7, 11) is 1.28. The van der Waals surface area contributed by atoms with E-state index in [1.165, 1.54) is 37.4 Å². The lowest BCUT2D eigenvalue weighted by atomic mass is 10.1. The van der Waals surface area contributed by atoms with Gasteiger partial charge in [-0.25, -0.2) is 4.79 Å². The van der Waals surface area contributed by atoms with Crippen LogP contribution in [0.4, 0.5) is 20.2 Å². The molecule has 2 N–H and O–H groups in total. The quantitative estimate of drug-likeness (QED) is 0.736. The molecule has 0 fully saturated rings. The Hall–Kier alpha value is -3.16. The van der Waals surface area contributed by atoms with Gasteiger partial charge < -0.3 is 20.1 Å². The molecule has 2 aromatic carbocycles. The lowest BCUT2D eigenvalue weighted by molar-refractivity contribution is -0.114. The summed E-state index contributed by atoms with van der Waals surface area (Å²) >= 11 is 0.